The van der Waals surface area contributed by atoms with Crippen LogP contribution >= 0.6 is 0 Å². The van der Waals surface area contributed by atoms with Gasteiger partial charge in [-0.1, -0.05) is 23.4 Å². The van der Waals surface area contributed by atoms with Crippen LogP contribution in [0.2, 0.25) is 0 Å². The number of aromatic hydroxyl groups is 2. The van der Waals surface area contributed by atoms with Gasteiger partial charge in [0.2, 0.25) is 5.82 Å². The van der Waals surface area contributed by atoms with Gasteiger partial charge in [-0.25, -0.2) is 0 Å². The van der Waals surface area contributed by atoms with Crippen LogP contribution in [0.4, 0.5) is 0 Å². The predicted molar refractivity (Wildman–Crippen MR) is 75.1 cm³/mol. The van der Waals surface area contributed by atoms with Crippen molar-refractivity contribution in [3.63, 3.8) is 0 Å². The minimum Gasteiger partial charge on any atom is -0.507 e. The van der Waals surface area contributed by atoms with Crippen LogP contribution in [0.5, 0.6) is 17.2 Å². The van der Waals surface area contributed by atoms with Crippen LogP contribution in [0.15, 0.2) is 47.0 Å². The van der Waals surface area contributed by atoms with Gasteiger partial charge < -0.3 is 19.5 Å². The largest absolute Gasteiger partial charge is 0.507 e. The molecule has 106 valence electrons. The van der Waals surface area contributed by atoms with Crippen molar-refractivity contribution < 1.29 is 19.5 Å². The summed E-state index contributed by atoms with van der Waals surface area (Å²) in [5, 5.41) is 23.5. The molecule has 6 heteroatoms. The van der Waals surface area contributed by atoms with Gasteiger partial charge in [0.05, 0.1) is 12.7 Å². The number of hydrogen-bond donors (Lipinski definition) is 2. The summed E-state index contributed by atoms with van der Waals surface area (Å²) in [4.78, 5) is 4.20. The maximum absolute atomic E-state index is 9.81. The van der Waals surface area contributed by atoms with Gasteiger partial charge >= 0.3 is 0 Å². The normalized spacial score (nSPS) is 10.5. The number of phenols is 2. The monoisotopic (exact) mass is 284 g/mol. The third-order valence-electron chi connectivity index (χ3n) is 3.01. The summed E-state index contributed by atoms with van der Waals surface area (Å²) in [6, 6.07) is 11.6. The molecule has 1 heterocycles. The number of ether oxygens (including phenoxy) is 1. The van der Waals surface area contributed by atoms with Crippen LogP contribution in [-0.2, 0) is 0 Å². The quantitative estimate of drug-likeness (QED) is 0.768. The third-order valence-corrected chi connectivity index (χ3v) is 3.01. The number of para-hydroxylation sites is 1. The second kappa shape index (κ2) is 5.16. The maximum atomic E-state index is 9.81. The SMILES string of the molecule is COc1ccccc1-c1noc(-c2c(O)cccc2O)n1. The highest BCUT2D eigenvalue weighted by Crippen LogP contribution is 2.37. The van der Waals surface area contributed by atoms with Gasteiger partial charge in [0.15, 0.2) is 0 Å². The molecule has 6 nitrogen and oxygen atoms in total. The summed E-state index contributed by atoms with van der Waals surface area (Å²) >= 11 is 0. The minimum atomic E-state index is -0.134. The molecule has 0 bridgehead atoms. The number of methoxy groups -OCH3 is 1. The lowest BCUT2D eigenvalue weighted by molar-refractivity contribution is 0.410. The number of phenolic OH excluding ortho intramolecular Hbond substituents is 2. The van der Waals surface area contributed by atoms with Crippen molar-refractivity contribution in [3.05, 3.63) is 42.5 Å². The van der Waals surface area contributed by atoms with Gasteiger partial charge in [0.25, 0.3) is 5.89 Å². The summed E-state index contributed by atoms with van der Waals surface area (Å²) in [5.74, 6) is 0.679. The average molecular weight is 284 g/mol. The molecule has 0 atom stereocenters. The maximum Gasteiger partial charge on any atom is 0.265 e. The molecular weight excluding hydrogens is 272 g/mol. The fourth-order valence-electron chi connectivity index (χ4n) is 2.01. The number of benzene rings is 2. The molecule has 2 N–H and O–H groups in total. The first-order valence-corrected chi connectivity index (χ1v) is 6.19. The van der Waals surface area contributed by atoms with Crippen molar-refractivity contribution in [3.8, 4) is 40.1 Å². The Morgan fingerprint density at radius 3 is 2.43 bits per heavy atom. The second-order valence-electron chi connectivity index (χ2n) is 4.29. The van der Waals surface area contributed by atoms with Gasteiger partial charge in [0, 0.05) is 0 Å². The topological polar surface area (TPSA) is 88.6 Å². The van der Waals surface area contributed by atoms with Gasteiger partial charge in [-0.15, -0.1) is 0 Å². The van der Waals surface area contributed by atoms with E-state index in [1.807, 2.05) is 12.1 Å². The van der Waals surface area contributed by atoms with E-state index in [0.29, 0.717) is 17.1 Å². The summed E-state index contributed by atoms with van der Waals surface area (Å²) in [6.45, 7) is 0. The first-order chi connectivity index (χ1) is 10.2. The Bertz CT molecular complexity index is 763. The number of nitrogens with zero attached hydrogens (tertiary/aromatic N) is 2. The van der Waals surface area contributed by atoms with Crippen LogP contribution in [0.25, 0.3) is 22.8 Å². The zero-order chi connectivity index (χ0) is 14.8. The summed E-state index contributed by atoms with van der Waals surface area (Å²) in [5.41, 5.74) is 0.760. The van der Waals surface area contributed by atoms with Crippen LogP contribution in [-0.4, -0.2) is 27.5 Å². The molecule has 0 amide bonds. The highest BCUT2D eigenvalue weighted by Gasteiger charge is 2.19. The molecule has 0 saturated carbocycles. The van der Waals surface area contributed by atoms with E-state index in [9.17, 15) is 10.2 Å². The summed E-state index contributed by atoms with van der Waals surface area (Å²) < 4.78 is 10.4. The number of aromatic nitrogens is 2. The molecular formula is C15H12N2O4. The Morgan fingerprint density at radius 2 is 1.71 bits per heavy atom. The molecule has 2 aromatic carbocycles. The molecule has 0 unspecified atom stereocenters. The Morgan fingerprint density at radius 1 is 1.00 bits per heavy atom. The molecule has 0 spiro atoms. The first kappa shape index (κ1) is 13.0. The molecule has 21 heavy (non-hydrogen) atoms. The van der Waals surface area contributed by atoms with Crippen molar-refractivity contribution in [2.45, 2.75) is 0 Å². The average Bonchev–Trinajstić information content (AvgIpc) is 2.96. The summed E-state index contributed by atoms with van der Waals surface area (Å²) in [7, 11) is 1.55. The third kappa shape index (κ3) is 2.27. The zero-order valence-electron chi connectivity index (χ0n) is 11.1. The highest BCUT2D eigenvalue weighted by atomic mass is 16.5. The van der Waals surface area contributed by atoms with E-state index in [-0.39, 0.29) is 23.0 Å². The van der Waals surface area contributed by atoms with Crippen molar-refractivity contribution in [2.75, 3.05) is 7.11 Å². The van der Waals surface area contributed by atoms with Gasteiger partial charge in [0.1, 0.15) is 22.8 Å². The molecule has 0 radical (unpaired) electrons. The van der Waals surface area contributed by atoms with Crippen molar-refractivity contribution >= 4 is 0 Å². The highest BCUT2D eigenvalue weighted by molar-refractivity contribution is 5.72. The lowest BCUT2D eigenvalue weighted by atomic mass is 10.1. The minimum absolute atomic E-state index is 0.0338. The van der Waals surface area contributed by atoms with Crippen molar-refractivity contribution in [2.24, 2.45) is 0 Å². The van der Waals surface area contributed by atoms with Crippen LogP contribution < -0.4 is 4.74 Å². The standard InChI is InChI=1S/C15H12N2O4/c1-20-12-8-3-2-5-9(12)14-16-15(21-17-14)13-10(18)6-4-7-11(13)19/h2-8,18-19H,1H3. The zero-order valence-corrected chi connectivity index (χ0v) is 11.1. The predicted octanol–water partition coefficient (Wildman–Crippen LogP) is 2.82. The fraction of sp³-hybridized carbons (Fsp3) is 0.0667. The van der Waals surface area contributed by atoms with E-state index >= 15 is 0 Å². The lowest BCUT2D eigenvalue weighted by Gasteiger charge is -2.03. The van der Waals surface area contributed by atoms with Crippen LogP contribution in [0, 0.1) is 0 Å². The molecule has 1 aromatic heterocycles. The number of hydrogen-bond acceptors (Lipinski definition) is 6. The van der Waals surface area contributed by atoms with Gasteiger partial charge in [-0.2, -0.15) is 4.98 Å². The second-order valence-corrected chi connectivity index (χ2v) is 4.29. The molecule has 0 aliphatic rings. The van der Waals surface area contributed by atoms with Gasteiger partial charge in [-0.3, -0.25) is 0 Å². The molecule has 0 aliphatic carbocycles. The van der Waals surface area contributed by atoms with E-state index in [4.69, 9.17) is 9.26 Å². The van der Waals surface area contributed by atoms with Gasteiger partial charge in [-0.05, 0) is 24.3 Å². The smallest absolute Gasteiger partial charge is 0.265 e. The first-order valence-electron chi connectivity index (χ1n) is 6.19. The lowest BCUT2D eigenvalue weighted by Crippen LogP contribution is -1.88. The van der Waals surface area contributed by atoms with Crippen molar-refractivity contribution in [1.82, 2.24) is 10.1 Å². The van der Waals surface area contributed by atoms with Crippen LogP contribution in [0.1, 0.15) is 0 Å². The van der Waals surface area contributed by atoms with E-state index in [0.717, 1.165) is 0 Å². The van der Waals surface area contributed by atoms with Crippen LogP contribution in [0.3, 0.4) is 0 Å². The Kier molecular flexibility index (Phi) is 3.19. The van der Waals surface area contributed by atoms with E-state index in [1.54, 1.807) is 19.2 Å². The molecule has 3 aromatic rings. The summed E-state index contributed by atoms with van der Waals surface area (Å²) in [6.07, 6.45) is 0. The number of rotatable bonds is 3. The molecule has 0 fully saturated rings. The van der Waals surface area contributed by atoms with E-state index < -0.39 is 0 Å². The van der Waals surface area contributed by atoms with E-state index in [1.165, 1.54) is 18.2 Å². The van der Waals surface area contributed by atoms with Crippen molar-refractivity contribution in [1.29, 1.82) is 0 Å². The molecule has 3 rings (SSSR count). The fourth-order valence-corrected chi connectivity index (χ4v) is 2.01. The Hall–Kier alpha value is -3.02. The Labute approximate surface area is 120 Å². The Balaban J connectivity index is 2.09. The molecule has 0 aliphatic heterocycles. The molecule has 0 saturated heterocycles. The van der Waals surface area contributed by atoms with E-state index in [2.05, 4.69) is 10.1 Å².